The largest absolute Gasteiger partial charge is 0.481 e. The lowest BCUT2D eigenvalue weighted by Crippen LogP contribution is -2.26. The molecule has 1 rings (SSSR count). The van der Waals surface area contributed by atoms with Gasteiger partial charge in [-0.3, -0.25) is 4.79 Å². The van der Waals surface area contributed by atoms with Crippen LogP contribution in [0.3, 0.4) is 0 Å². The van der Waals surface area contributed by atoms with E-state index < -0.39 is 32.6 Å². The van der Waals surface area contributed by atoms with Crippen LogP contribution < -0.4 is 5.32 Å². The van der Waals surface area contributed by atoms with Gasteiger partial charge in [-0.05, 0) is 12.1 Å². The first-order valence-corrected chi connectivity index (χ1v) is 7.43. The van der Waals surface area contributed by atoms with Crippen LogP contribution in [-0.4, -0.2) is 45.0 Å². The second kappa shape index (κ2) is 7.32. The highest BCUT2D eigenvalue weighted by atomic mass is 32.2. The lowest BCUT2D eigenvalue weighted by atomic mass is 10.2. The molecule has 2 N–H and O–H groups in total. The normalized spacial score (nSPS) is 13.1. The standard InChI is InChI=1S/C12H15F2NO5S/c1-20-8(6-11(16)17)7-15-9-4-2-3-5-10(9)21(18,19)12(13)14/h2-5,8,12,15H,6-7H2,1H3,(H,16,17). The quantitative estimate of drug-likeness (QED) is 0.754. The molecule has 1 aromatic rings. The summed E-state index contributed by atoms with van der Waals surface area (Å²) in [4.78, 5) is 10.1. The summed E-state index contributed by atoms with van der Waals surface area (Å²) >= 11 is 0. The van der Waals surface area contributed by atoms with Crippen LogP contribution >= 0.6 is 0 Å². The van der Waals surface area contributed by atoms with Crippen LogP contribution in [0.2, 0.25) is 0 Å². The number of hydrogen-bond donors (Lipinski definition) is 2. The first-order valence-electron chi connectivity index (χ1n) is 5.88. The maximum Gasteiger partial charge on any atom is 0.341 e. The van der Waals surface area contributed by atoms with Crippen molar-refractivity contribution in [3.8, 4) is 0 Å². The number of anilines is 1. The maximum absolute atomic E-state index is 12.6. The van der Waals surface area contributed by atoms with Crippen molar-refractivity contribution < 1.29 is 31.8 Å². The van der Waals surface area contributed by atoms with Crippen molar-refractivity contribution in [2.75, 3.05) is 19.0 Å². The van der Waals surface area contributed by atoms with Gasteiger partial charge in [0.2, 0.25) is 9.84 Å². The van der Waals surface area contributed by atoms with Crippen molar-refractivity contribution in [1.82, 2.24) is 0 Å². The van der Waals surface area contributed by atoms with E-state index in [0.29, 0.717) is 0 Å². The number of alkyl halides is 2. The van der Waals surface area contributed by atoms with Crippen LogP contribution in [0, 0.1) is 0 Å². The molecule has 0 radical (unpaired) electrons. The fourth-order valence-corrected chi connectivity index (χ4v) is 2.52. The number of rotatable bonds is 8. The molecule has 0 spiro atoms. The van der Waals surface area contributed by atoms with E-state index >= 15 is 0 Å². The third-order valence-electron chi connectivity index (χ3n) is 2.68. The number of hydrogen-bond acceptors (Lipinski definition) is 5. The molecule has 0 aromatic heterocycles. The number of carbonyl (C=O) groups is 1. The molecule has 0 saturated carbocycles. The van der Waals surface area contributed by atoms with Crippen molar-refractivity contribution in [3.63, 3.8) is 0 Å². The molecular formula is C12H15F2NO5S. The van der Waals surface area contributed by atoms with Crippen molar-refractivity contribution in [3.05, 3.63) is 24.3 Å². The van der Waals surface area contributed by atoms with Crippen molar-refractivity contribution in [2.24, 2.45) is 0 Å². The molecule has 0 heterocycles. The van der Waals surface area contributed by atoms with Crippen LogP contribution in [0.5, 0.6) is 0 Å². The van der Waals surface area contributed by atoms with Gasteiger partial charge in [0.15, 0.2) is 0 Å². The molecule has 0 aliphatic carbocycles. The fraction of sp³-hybridized carbons (Fsp3) is 0.417. The molecular weight excluding hydrogens is 308 g/mol. The zero-order chi connectivity index (χ0) is 16.0. The van der Waals surface area contributed by atoms with Crippen LogP contribution in [-0.2, 0) is 19.4 Å². The summed E-state index contributed by atoms with van der Waals surface area (Å²) in [5.41, 5.74) is -0.0229. The molecule has 118 valence electrons. The molecule has 6 nitrogen and oxygen atoms in total. The molecule has 21 heavy (non-hydrogen) atoms. The van der Waals surface area contributed by atoms with Gasteiger partial charge in [0.05, 0.1) is 23.1 Å². The van der Waals surface area contributed by atoms with E-state index in [1.807, 2.05) is 0 Å². The molecule has 1 aromatic carbocycles. The number of nitrogens with one attached hydrogen (secondary N) is 1. The number of carboxylic acids is 1. The van der Waals surface area contributed by atoms with Gasteiger partial charge in [-0.25, -0.2) is 8.42 Å². The van der Waals surface area contributed by atoms with Gasteiger partial charge in [0, 0.05) is 13.7 Å². The Labute approximate surface area is 120 Å². The minimum atomic E-state index is -4.74. The molecule has 0 bridgehead atoms. The molecule has 0 amide bonds. The summed E-state index contributed by atoms with van der Waals surface area (Å²) < 4.78 is 53.2. The Morgan fingerprint density at radius 1 is 1.38 bits per heavy atom. The van der Waals surface area contributed by atoms with Gasteiger partial charge in [0.25, 0.3) is 0 Å². The highest BCUT2D eigenvalue weighted by molar-refractivity contribution is 7.91. The Morgan fingerprint density at radius 3 is 2.52 bits per heavy atom. The molecule has 1 unspecified atom stereocenters. The fourth-order valence-electron chi connectivity index (χ4n) is 1.61. The van der Waals surface area contributed by atoms with E-state index in [9.17, 15) is 22.0 Å². The van der Waals surface area contributed by atoms with Crippen LogP contribution in [0.1, 0.15) is 6.42 Å². The molecule has 0 fully saturated rings. The van der Waals surface area contributed by atoms with Gasteiger partial charge in [-0.2, -0.15) is 8.78 Å². The van der Waals surface area contributed by atoms with Crippen LogP contribution in [0.25, 0.3) is 0 Å². The minimum Gasteiger partial charge on any atom is -0.481 e. The van der Waals surface area contributed by atoms with E-state index in [1.165, 1.54) is 25.3 Å². The zero-order valence-corrected chi connectivity index (χ0v) is 11.9. The van der Waals surface area contributed by atoms with E-state index in [4.69, 9.17) is 9.84 Å². The summed E-state index contributed by atoms with van der Waals surface area (Å²) in [6.45, 7) is -0.0292. The minimum absolute atomic E-state index is 0.0229. The SMILES string of the molecule is COC(CNc1ccccc1S(=O)(=O)C(F)F)CC(=O)O. The highest BCUT2D eigenvalue weighted by Crippen LogP contribution is 2.26. The Balaban J connectivity index is 2.93. The molecule has 1 atom stereocenters. The number of methoxy groups -OCH3 is 1. The van der Waals surface area contributed by atoms with E-state index in [1.54, 1.807) is 0 Å². The predicted molar refractivity (Wildman–Crippen MR) is 71.2 cm³/mol. The van der Waals surface area contributed by atoms with Crippen LogP contribution in [0.4, 0.5) is 14.5 Å². The molecule has 9 heteroatoms. The highest BCUT2D eigenvalue weighted by Gasteiger charge is 2.29. The van der Waals surface area contributed by atoms with Gasteiger partial charge >= 0.3 is 11.7 Å². The third kappa shape index (κ3) is 4.64. The Bertz CT molecular complexity index is 591. The van der Waals surface area contributed by atoms with Gasteiger partial charge in [-0.1, -0.05) is 12.1 Å². The summed E-state index contributed by atoms with van der Waals surface area (Å²) in [5.74, 6) is -4.62. The topological polar surface area (TPSA) is 92.7 Å². The number of sulfone groups is 1. The lowest BCUT2D eigenvalue weighted by molar-refractivity contribution is -0.139. The Kier molecular flexibility index (Phi) is 6.03. The number of benzene rings is 1. The molecule has 0 saturated heterocycles. The van der Waals surface area contributed by atoms with Gasteiger partial charge in [0.1, 0.15) is 0 Å². The van der Waals surface area contributed by atoms with Crippen LogP contribution in [0.15, 0.2) is 29.2 Å². The van der Waals surface area contributed by atoms with Crippen molar-refractivity contribution in [1.29, 1.82) is 0 Å². The summed E-state index contributed by atoms with van der Waals surface area (Å²) in [6, 6.07) is 5.18. The summed E-state index contributed by atoms with van der Waals surface area (Å²) in [5, 5.41) is 11.3. The Hall–Kier alpha value is -1.74. The number of aliphatic carboxylic acids is 1. The maximum atomic E-state index is 12.6. The number of carboxylic acid groups (broad SMARTS) is 1. The molecule has 0 aliphatic heterocycles. The van der Waals surface area contributed by atoms with Gasteiger partial charge < -0.3 is 15.2 Å². The average Bonchev–Trinajstić information content (AvgIpc) is 2.43. The molecule has 0 aliphatic rings. The first-order chi connectivity index (χ1) is 9.78. The summed E-state index contributed by atoms with van der Waals surface area (Å²) in [6.07, 6.45) is -1.02. The third-order valence-corrected chi connectivity index (χ3v) is 4.12. The van der Waals surface area contributed by atoms with E-state index in [2.05, 4.69) is 5.32 Å². The monoisotopic (exact) mass is 323 g/mol. The van der Waals surface area contributed by atoms with E-state index in [-0.39, 0.29) is 18.7 Å². The zero-order valence-electron chi connectivity index (χ0n) is 11.1. The number of para-hydroxylation sites is 1. The second-order valence-corrected chi connectivity index (χ2v) is 6.02. The summed E-state index contributed by atoms with van der Waals surface area (Å²) in [7, 11) is -3.44. The smallest absolute Gasteiger partial charge is 0.341 e. The predicted octanol–water partition coefficient (Wildman–Crippen LogP) is 1.58. The second-order valence-electron chi connectivity index (χ2n) is 4.14. The first kappa shape index (κ1) is 17.3. The van der Waals surface area contributed by atoms with E-state index in [0.717, 1.165) is 6.07 Å². The van der Waals surface area contributed by atoms with Crippen molar-refractivity contribution in [2.45, 2.75) is 23.2 Å². The van der Waals surface area contributed by atoms with Crippen molar-refractivity contribution >= 4 is 21.5 Å². The lowest BCUT2D eigenvalue weighted by Gasteiger charge is -2.17. The van der Waals surface area contributed by atoms with Gasteiger partial charge in [-0.15, -0.1) is 0 Å². The average molecular weight is 323 g/mol. The number of halogens is 2. The number of ether oxygens (including phenoxy) is 1. The Morgan fingerprint density at radius 2 is 2.00 bits per heavy atom.